The molecule has 1 aliphatic carbocycles. The van der Waals surface area contributed by atoms with Crippen LogP contribution in [0.2, 0.25) is 0 Å². The molecule has 2 aliphatic rings. The smallest absolute Gasteiger partial charge is 0.276 e. The molecule has 140 valence electrons. The average molecular weight is 362 g/mol. The van der Waals surface area contributed by atoms with Gasteiger partial charge in [-0.05, 0) is 51.3 Å². The van der Waals surface area contributed by atoms with Gasteiger partial charge in [-0.15, -0.1) is 0 Å². The van der Waals surface area contributed by atoms with Gasteiger partial charge in [-0.1, -0.05) is 18.9 Å². The monoisotopic (exact) mass is 362 g/mol. The van der Waals surface area contributed by atoms with Crippen molar-refractivity contribution in [1.29, 1.82) is 0 Å². The van der Waals surface area contributed by atoms with Crippen LogP contribution in [0.1, 0.15) is 49.5 Å². The van der Waals surface area contributed by atoms with Crippen LogP contribution >= 0.6 is 0 Å². The van der Waals surface area contributed by atoms with Gasteiger partial charge in [0.05, 0.1) is 17.6 Å². The van der Waals surface area contributed by atoms with Crippen molar-refractivity contribution in [3.8, 4) is 5.69 Å². The van der Waals surface area contributed by atoms with Gasteiger partial charge in [0.2, 0.25) is 0 Å². The lowest BCUT2D eigenvalue weighted by atomic mass is 10.1. The quantitative estimate of drug-likeness (QED) is 0.704. The molecular weight excluding hydrogens is 336 g/mol. The maximum absolute atomic E-state index is 13.2. The molecule has 2 aromatic heterocycles. The first-order chi connectivity index (χ1) is 13.1. The highest BCUT2D eigenvalue weighted by molar-refractivity contribution is 5.88. The summed E-state index contributed by atoms with van der Waals surface area (Å²) in [6, 6.07) is 8.92. The molecule has 3 aromatic rings. The Kier molecular flexibility index (Phi) is 3.85. The number of benzene rings is 1. The molecule has 27 heavy (non-hydrogen) atoms. The van der Waals surface area contributed by atoms with E-state index in [2.05, 4.69) is 52.7 Å². The number of aryl methyl sites for hydroxylation is 2. The average Bonchev–Trinajstić information content (AvgIpc) is 3.22. The minimum absolute atomic E-state index is 0.0673. The molecule has 5 rings (SSSR count). The lowest BCUT2D eigenvalue weighted by molar-refractivity contribution is 0.447. The van der Waals surface area contributed by atoms with Gasteiger partial charge in [0.25, 0.3) is 5.56 Å². The van der Waals surface area contributed by atoms with E-state index in [9.17, 15) is 4.79 Å². The topological polar surface area (TPSA) is 43.1 Å². The predicted octanol–water partition coefficient (Wildman–Crippen LogP) is 4.13. The van der Waals surface area contributed by atoms with Gasteiger partial charge in [0, 0.05) is 41.2 Å². The molecule has 0 N–H and O–H groups in total. The Morgan fingerprint density at radius 3 is 2.44 bits per heavy atom. The molecule has 5 nitrogen and oxygen atoms in total. The standard InChI is InChI=1S/C22H26N4O/c1-15-20-14-23-26(17-7-3-4-8-17)22(27)21(20)16(2)25(15)19-10-5-9-18(13-19)24-11-6-12-24/h5,9-10,13-14,17H,3-4,6-8,11-12H2,1-2H3. The van der Waals surface area contributed by atoms with Crippen molar-refractivity contribution in [3.05, 3.63) is 52.2 Å². The Bertz CT molecular complexity index is 1070. The molecule has 0 radical (unpaired) electrons. The fourth-order valence-electron chi connectivity index (χ4n) is 4.77. The molecule has 0 spiro atoms. The molecule has 0 amide bonds. The number of hydrogen-bond acceptors (Lipinski definition) is 3. The third-order valence-electron chi connectivity index (χ3n) is 6.40. The van der Waals surface area contributed by atoms with Crippen molar-refractivity contribution in [2.75, 3.05) is 18.0 Å². The summed E-state index contributed by atoms with van der Waals surface area (Å²) in [5.41, 5.74) is 4.56. The van der Waals surface area contributed by atoms with E-state index in [1.807, 2.05) is 6.20 Å². The summed E-state index contributed by atoms with van der Waals surface area (Å²) in [6.45, 7) is 6.41. The van der Waals surface area contributed by atoms with Crippen molar-refractivity contribution < 1.29 is 0 Å². The molecule has 1 aliphatic heterocycles. The summed E-state index contributed by atoms with van der Waals surface area (Å²) in [5, 5.41) is 6.34. The van der Waals surface area contributed by atoms with E-state index in [4.69, 9.17) is 0 Å². The highest BCUT2D eigenvalue weighted by Crippen LogP contribution is 2.31. The summed E-state index contributed by atoms with van der Waals surface area (Å²) in [6.07, 6.45) is 7.68. The molecule has 1 aromatic carbocycles. The van der Waals surface area contributed by atoms with E-state index in [1.54, 1.807) is 4.68 Å². The lowest BCUT2D eigenvalue weighted by Gasteiger charge is -2.33. The number of hydrogen-bond donors (Lipinski definition) is 0. The Morgan fingerprint density at radius 2 is 1.74 bits per heavy atom. The SMILES string of the molecule is Cc1c2cnn(C3CCCC3)c(=O)c2c(C)n1-c1cccc(N2CCC2)c1. The van der Waals surface area contributed by atoms with Gasteiger partial charge in [0.1, 0.15) is 0 Å². The van der Waals surface area contributed by atoms with Crippen LogP contribution in [0.25, 0.3) is 16.5 Å². The Hall–Kier alpha value is -2.56. The largest absolute Gasteiger partial charge is 0.371 e. The number of anilines is 1. The Morgan fingerprint density at radius 1 is 1.00 bits per heavy atom. The van der Waals surface area contributed by atoms with Gasteiger partial charge in [0.15, 0.2) is 0 Å². The molecule has 3 heterocycles. The molecule has 2 fully saturated rings. The second-order valence-electron chi connectivity index (χ2n) is 7.99. The summed E-state index contributed by atoms with van der Waals surface area (Å²) in [4.78, 5) is 15.6. The maximum Gasteiger partial charge on any atom is 0.276 e. The van der Waals surface area contributed by atoms with Crippen molar-refractivity contribution in [3.63, 3.8) is 0 Å². The van der Waals surface area contributed by atoms with E-state index in [1.165, 1.54) is 24.9 Å². The highest BCUT2D eigenvalue weighted by atomic mass is 16.1. The highest BCUT2D eigenvalue weighted by Gasteiger charge is 2.23. The van der Waals surface area contributed by atoms with Crippen LogP contribution in [0.3, 0.4) is 0 Å². The minimum Gasteiger partial charge on any atom is -0.371 e. The third kappa shape index (κ3) is 2.52. The van der Waals surface area contributed by atoms with E-state index >= 15 is 0 Å². The number of aromatic nitrogens is 3. The zero-order chi connectivity index (χ0) is 18.5. The van der Waals surface area contributed by atoms with Crippen LogP contribution in [0.4, 0.5) is 5.69 Å². The van der Waals surface area contributed by atoms with Crippen LogP contribution in [0.5, 0.6) is 0 Å². The zero-order valence-electron chi connectivity index (χ0n) is 16.1. The maximum atomic E-state index is 13.2. The number of fused-ring (bicyclic) bond motifs is 1. The molecular formula is C22H26N4O. The van der Waals surface area contributed by atoms with E-state index in [0.29, 0.717) is 0 Å². The lowest BCUT2D eigenvalue weighted by Crippen LogP contribution is -2.36. The van der Waals surface area contributed by atoms with Crippen LogP contribution in [-0.4, -0.2) is 27.4 Å². The van der Waals surface area contributed by atoms with Crippen LogP contribution in [0.15, 0.2) is 35.3 Å². The van der Waals surface area contributed by atoms with Gasteiger partial charge in [-0.3, -0.25) is 4.79 Å². The number of nitrogens with zero attached hydrogens (tertiary/aromatic N) is 4. The van der Waals surface area contributed by atoms with Gasteiger partial charge in [-0.2, -0.15) is 5.10 Å². The summed E-state index contributed by atoms with van der Waals surface area (Å²) in [5.74, 6) is 0. The first kappa shape index (κ1) is 16.6. The number of rotatable bonds is 3. The third-order valence-corrected chi connectivity index (χ3v) is 6.40. The first-order valence-corrected chi connectivity index (χ1v) is 10.1. The Balaban J connectivity index is 1.67. The first-order valence-electron chi connectivity index (χ1n) is 10.1. The van der Waals surface area contributed by atoms with Crippen molar-refractivity contribution in [1.82, 2.24) is 14.3 Å². The Labute approximate surface area is 159 Å². The van der Waals surface area contributed by atoms with Gasteiger partial charge >= 0.3 is 0 Å². The second kappa shape index (κ2) is 6.25. The van der Waals surface area contributed by atoms with Crippen LogP contribution in [-0.2, 0) is 0 Å². The summed E-state index contributed by atoms with van der Waals surface area (Å²) >= 11 is 0. The van der Waals surface area contributed by atoms with Crippen molar-refractivity contribution in [2.45, 2.75) is 52.0 Å². The summed E-state index contributed by atoms with van der Waals surface area (Å²) in [7, 11) is 0. The minimum atomic E-state index is 0.0673. The molecule has 1 saturated heterocycles. The van der Waals surface area contributed by atoms with Gasteiger partial charge < -0.3 is 9.47 Å². The van der Waals surface area contributed by atoms with E-state index in [0.717, 1.165) is 53.8 Å². The summed E-state index contributed by atoms with van der Waals surface area (Å²) < 4.78 is 3.96. The molecule has 1 saturated carbocycles. The second-order valence-corrected chi connectivity index (χ2v) is 7.99. The normalized spacial score (nSPS) is 17.6. The van der Waals surface area contributed by atoms with Gasteiger partial charge in [-0.25, -0.2) is 4.68 Å². The van der Waals surface area contributed by atoms with Crippen molar-refractivity contribution in [2.24, 2.45) is 0 Å². The van der Waals surface area contributed by atoms with E-state index in [-0.39, 0.29) is 11.6 Å². The zero-order valence-corrected chi connectivity index (χ0v) is 16.1. The predicted molar refractivity (Wildman–Crippen MR) is 109 cm³/mol. The molecule has 0 bridgehead atoms. The van der Waals surface area contributed by atoms with E-state index < -0.39 is 0 Å². The molecule has 0 atom stereocenters. The van der Waals surface area contributed by atoms with Crippen LogP contribution in [0, 0.1) is 13.8 Å². The van der Waals surface area contributed by atoms with Crippen molar-refractivity contribution >= 4 is 16.5 Å². The fourth-order valence-corrected chi connectivity index (χ4v) is 4.77. The van der Waals surface area contributed by atoms with Crippen LogP contribution < -0.4 is 10.5 Å². The fraction of sp³-hybridized carbons (Fsp3) is 0.455. The molecule has 5 heteroatoms. The molecule has 0 unspecified atom stereocenters.